The molecule has 1 aromatic rings. The Balaban J connectivity index is 2.34. The highest BCUT2D eigenvalue weighted by Gasteiger charge is 2.27. The maximum absolute atomic E-state index is 12.3. The van der Waals surface area contributed by atoms with E-state index >= 15 is 0 Å². The SMILES string of the molecule is CC1=CCN(C(=O)c2cccc(Cl)c2[N+](=O)[O-])CC1. The van der Waals surface area contributed by atoms with E-state index in [0.29, 0.717) is 13.1 Å². The van der Waals surface area contributed by atoms with Crippen LogP contribution in [0, 0.1) is 10.1 Å². The zero-order valence-electron chi connectivity index (χ0n) is 10.4. The lowest BCUT2D eigenvalue weighted by Crippen LogP contribution is -2.35. The molecule has 0 aliphatic carbocycles. The molecule has 0 fully saturated rings. The molecule has 0 atom stereocenters. The summed E-state index contributed by atoms with van der Waals surface area (Å²) < 4.78 is 0. The second kappa shape index (κ2) is 5.40. The Bertz CT molecular complexity index is 569. The van der Waals surface area contributed by atoms with Crippen LogP contribution in [0.2, 0.25) is 5.02 Å². The maximum Gasteiger partial charge on any atom is 0.300 e. The van der Waals surface area contributed by atoms with Crippen LogP contribution in [-0.2, 0) is 0 Å². The molecule has 5 nitrogen and oxygen atoms in total. The summed E-state index contributed by atoms with van der Waals surface area (Å²) in [7, 11) is 0. The van der Waals surface area contributed by atoms with Crippen LogP contribution in [0.15, 0.2) is 29.8 Å². The fourth-order valence-corrected chi connectivity index (χ4v) is 2.24. The summed E-state index contributed by atoms with van der Waals surface area (Å²) in [5.41, 5.74) is 0.954. The van der Waals surface area contributed by atoms with E-state index in [-0.39, 0.29) is 22.2 Å². The Labute approximate surface area is 115 Å². The third-order valence-electron chi connectivity index (χ3n) is 3.12. The highest BCUT2D eigenvalue weighted by atomic mass is 35.5. The second-order valence-electron chi connectivity index (χ2n) is 4.44. The van der Waals surface area contributed by atoms with E-state index < -0.39 is 4.92 Å². The largest absolute Gasteiger partial charge is 0.334 e. The highest BCUT2D eigenvalue weighted by molar-refractivity contribution is 6.33. The van der Waals surface area contributed by atoms with Crippen molar-refractivity contribution in [2.24, 2.45) is 0 Å². The van der Waals surface area contributed by atoms with Gasteiger partial charge in [0.05, 0.1) is 4.92 Å². The van der Waals surface area contributed by atoms with Crippen LogP contribution in [0.5, 0.6) is 0 Å². The van der Waals surface area contributed by atoms with Crippen molar-refractivity contribution in [1.29, 1.82) is 0 Å². The number of amides is 1. The summed E-state index contributed by atoms with van der Waals surface area (Å²) in [4.78, 5) is 24.3. The van der Waals surface area contributed by atoms with Gasteiger partial charge in [0.1, 0.15) is 10.6 Å². The van der Waals surface area contributed by atoms with Gasteiger partial charge in [-0.05, 0) is 25.5 Å². The van der Waals surface area contributed by atoms with Gasteiger partial charge in [0.2, 0.25) is 0 Å². The van der Waals surface area contributed by atoms with Crippen LogP contribution in [0.3, 0.4) is 0 Å². The molecule has 0 saturated heterocycles. The first-order chi connectivity index (χ1) is 9.00. The van der Waals surface area contributed by atoms with E-state index in [4.69, 9.17) is 11.6 Å². The highest BCUT2D eigenvalue weighted by Crippen LogP contribution is 2.29. The molecule has 1 aromatic carbocycles. The van der Waals surface area contributed by atoms with Gasteiger partial charge in [0, 0.05) is 13.1 Å². The molecule has 0 N–H and O–H groups in total. The minimum atomic E-state index is -0.611. The van der Waals surface area contributed by atoms with E-state index in [2.05, 4.69) is 0 Å². The fourth-order valence-electron chi connectivity index (χ4n) is 2.00. The van der Waals surface area contributed by atoms with Gasteiger partial charge in [-0.25, -0.2) is 0 Å². The summed E-state index contributed by atoms with van der Waals surface area (Å²) in [5.74, 6) is -0.349. The van der Waals surface area contributed by atoms with E-state index in [9.17, 15) is 14.9 Å². The molecule has 0 unspecified atom stereocenters. The van der Waals surface area contributed by atoms with Gasteiger partial charge < -0.3 is 4.90 Å². The zero-order valence-corrected chi connectivity index (χ0v) is 11.2. The molecule has 0 aromatic heterocycles. The number of hydrogen-bond donors (Lipinski definition) is 0. The Hall–Kier alpha value is -1.88. The molecule has 2 rings (SSSR count). The Kier molecular flexibility index (Phi) is 3.85. The van der Waals surface area contributed by atoms with Crippen molar-refractivity contribution < 1.29 is 9.72 Å². The van der Waals surface area contributed by atoms with Gasteiger partial charge >= 0.3 is 5.69 Å². The Morgan fingerprint density at radius 1 is 1.47 bits per heavy atom. The molecule has 0 radical (unpaired) electrons. The average molecular weight is 281 g/mol. The molecular weight excluding hydrogens is 268 g/mol. The first-order valence-electron chi connectivity index (χ1n) is 5.88. The predicted molar refractivity (Wildman–Crippen MR) is 72.4 cm³/mol. The number of carbonyl (C=O) groups is 1. The lowest BCUT2D eigenvalue weighted by Gasteiger charge is -2.25. The van der Waals surface area contributed by atoms with E-state index in [1.54, 1.807) is 11.0 Å². The molecule has 6 heteroatoms. The minimum absolute atomic E-state index is 0.0143. The van der Waals surface area contributed by atoms with Crippen LogP contribution in [0.25, 0.3) is 0 Å². The molecule has 100 valence electrons. The third kappa shape index (κ3) is 2.76. The van der Waals surface area contributed by atoms with Crippen molar-refractivity contribution >= 4 is 23.2 Å². The average Bonchev–Trinajstić information content (AvgIpc) is 2.38. The van der Waals surface area contributed by atoms with E-state index in [1.807, 2.05) is 13.0 Å². The molecule has 1 aliphatic heterocycles. The Morgan fingerprint density at radius 2 is 2.21 bits per heavy atom. The number of nitrogens with zero attached hydrogens (tertiary/aromatic N) is 2. The first-order valence-corrected chi connectivity index (χ1v) is 6.26. The molecule has 1 amide bonds. The van der Waals surface area contributed by atoms with Crippen LogP contribution >= 0.6 is 11.6 Å². The first kappa shape index (κ1) is 13.5. The van der Waals surface area contributed by atoms with E-state index in [1.165, 1.54) is 17.7 Å². The molecule has 0 saturated carbocycles. The molecule has 1 heterocycles. The third-order valence-corrected chi connectivity index (χ3v) is 3.43. The molecular formula is C13H13ClN2O3. The van der Waals surface area contributed by atoms with Gasteiger partial charge in [-0.3, -0.25) is 14.9 Å². The number of para-hydroxylation sites is 1. The summed E-state index contributed by atoms with van der Waals surface area (Å²) in [6, 6.07) is 4.40. The molecule has 1 aliphatic rings. The second-order valence-corrected chi connectivity index (χ2v) is 4.85. The van der Waals surface area contributed by atoms with Crippen molar-refractivity contribution in [3.05, 3.63) is 50.5 Å². The number of carbonyl (C=O) groups excluding carboxylic acids is 1. The van der Waals surface area contributed by atoms with Crippen molar-refractivity contribution in [3.8, 4) is 0 Å². The number of halogens is 1. The smallest absolute Gasteiger partial charge is 0.300 e. The number of nitro benzene ring substituents is 1. The number of rotatable bonds is 2. The van der Waals surface area contributed by atoms with Crippen LogP contribution in [0.1, 0.15) is 23.7 Å². The number of nitro groups is 1. The lowest BCUT2D eigenvalue weighted by atomic mass is 10.1. The monoisotopic (exact) mass is 280 g/mol. The van der Waals surface area contributed by atoms with Gasteiger partial charge in [0.25, 0.3) is 5.91 Å². The number of benzene rings is 1. The quantitative estimate of drug-likeness (QED) is 0.475. The van der Waals surface area contributed by atoms with Gasteiger partial charge in [-0.15, -0.1) is 0 Å². The standard InChI is InChI=1S/C13H13ClN2O3/c1-9-5-7-15(8-6-9)13(17)10-3-2-4-11(14)12(10)16(18)19/h2-5H,6-8H2,1H3. The Morgan fingerprint density at radius 3 is 2.79 bits per heavy atom. The van der Waals surface area contributed by atoms with Crippen LogP contribution in [-0.4, -0.2) is 28.8 Å². The van der Waals surface area contributed by atoms with Crippen molar-refractivity contribution in [1.82, 2.24) is 4.90 Å². The summed E-state index contributed by atoms with van der Waals surface area (Å²) >= 11 is 5.81. The summed E-state index contributed by atoms with van der Waals surface area (Å²) in [6.07, 6.45) is 2.75. The normalized spacial score (nSPS) is 15.1. The lowest BCUT2D eigenvalue weighted by molar-refractivity contribution is -0.385. The van der Waals surface area contributed by atoms with Crippen molar-refractivity contribution in [2.45, 2.75) is 13.3 Å². The van der Waals surface area contributed by atoms with Crippen molar-refractivity contribution in [3.63, 3.8) is 0 Å². The minimum Gasteiger partial charge on any atom is -0.334 e. The van der Waals surface area contributed by atoms with Crippen LogP contribution < -0.4 is 0 Å². The van der Waals surface area contributed by atoms with Gasteiger partial charge in [-0.2, -0.15) is 0 Å². The van der Waals surface area contributed by atoms with Gasteiger partial charge in [0.15, 0.2) is 0 Å². The molecule has 0 bridgehead atoms. The molecule has 0 spiro atoms. The van der Waals surface area contributed by atoms with Crippen molar-refractivity contribution in [2.75, 3.05) is 13.1 Å². The maximum atomic E-state index is 12.3. The summed E-state index contributed by atoms with van der Waals surface area (Å²) in [5, 5.41) is 11.0. The molecule has 19 heavy (non-hydrogen) atoms. The van der Waals surface area contributed by atoms with Gasteiger partial charge in [-0.1, -0.05) is 29.3 Å². The van der Waals surface area contributed by atoms with Crippen LogP contribution in [0.4, 0.5) is 5.69 Å². The zero-order chi connectivity index (χ0) is 14.0. The van der Waals surface area contributed by atoms with E-state index in [0.717, 1.165) is 6.42 Å². The predicted octanol–water partition coefficient (Wildman–Crippen LogP) is 3.04. The summed E-state index contributed by atoms with van der Waals surface area (Å²) in [6.45, 7) is 3.06. The topological polar surface area (TPSA) is 63.5 Å². The number of hydrogen-bond acceptors (Lipinski definition) is 3. The fraction of sp³-hybridized carbons (Fsp3) is 0.308.